The fourth-order valence-electron chi connectivity index (χ4n) is 1.81. The van der Waals surface area contributed by atoms with E-state index in [2.05, 4.69) is 0 Å². The molecule has 4 nitrogen and oxygen atoms in total. The van der Waals surface area contributed by atoms with Crippen LogP contribution in [0.3, 0.4) is 0 Å². The smallest absolute Gasteiger partial charge is 0.339 e. The Bertz CT molecular complexity index is 463. The summed E-state index contributed by atoms with van der Waals surface area (Å²) >= 11 is 0. The number of carbonyl (C=O) groups is 2. The Morgan fingerprint density at radius 1 is 1.00 bits per heavy atom. The van der Waals surface area contributed by atoms with E-state index in [4.69, 9.17) is 9.47 Å². The Hall–Kier alpha value is -1.84. The van der Waals surface area contributed by atoms with Crippen LogP contribution in [-0.2, 0) is 9.47 Å². The monoisotopic (exact) mass is 250 g/mol. The summed E-state index contributed by atoms with van der Waals surface area (Å²) in [6.45, 7) is 7.64. The van der Waals surface area contributed by atoms with Crippen molar-refractivity contribution < 1.29 is 19.1 Å². The third-order valence-corrected chi connectivity index (χ3v) is 2.45. The van der Waals surface area contributed by atoms with Crippen LogP contribution >= 0.6 is 0 Å². The van der Waals surface area contributed by atoms with Gasteiger partial charge >= 0.3 is 11.9 Å². The summed E-state index contributed by atoms with van der Waals surface area (Å²) in [5.74, 6) is -0.981. The topological polar surface area (TPSA) is 52.6 Å². The summed E-state index contributed by atoms with van der Waals surface area (Å²) in [6, 6.07) is 3.49. The van der Waals surface area contributed by atoms with Crippen LogP contribution in [0.15, 0.2) is 12.1 Å². The van der Waals surface area contributed by atoms with E-state index >= 15 is 0 Å². The van der Waals surface area contributed by atoms with Gasteiger partial charge in [-0.2, -0.15) is 0 Å². The van der Waals surface area contributed by atoms with Gasteiger partial charge in [0.05, 0.1) is 24.3 Å². The van der Waals surface area contributed by atoms with Crippen molar-refractivity contribution in [3.05, 3.63) is 34.4 Å². The summed E-state index contributed by atoms with van der Waals surface area (Å²) in [4.78, 5) is 23.7. The van der Waals surface area contributed by atoms with Crippen molar-refractivity contribution in [2.24, 2.45) is 0 Å². The first-order valence-corrected chi connectivity index (χ1v) is 5.96. The molecule has 0 amide bonds. The largest absolute Gasteiger partial charge is 0.462 e. The molecule has 0 radical (unpaired) electrons. The van der Waals surface area contributed by atoms with E-state index in [1.54, 1.807) is 26.8 Å². The van der Waals surface area contributed by atoms with E-state index in [-0.39, 0.29) is 18.8 Å². The van der Waals surface area contributed by atoms with Crippen LogP contribution < -0.4 is 0 Å². The minimum atomic E-state index is -0.493. The highest BCUT2D eigenvalue weighted by molar-refractivity contribution is 6.04. The Balaban J connectivity index is 3.29. The summed E-state index contributed by atoms with van der Waals surface area (Å²) in [7, 11) is 0. The number of aryl methyl sites for hydroxylation is 2. The van der Waals surface area contributed by atoms with Gasteiger partial charge in [-0.15, -0.1) is 0 Å². The lowest BCUT2D eigenvalue weighted by Gasteiger charge is -2.12. The average molecular weight is 250 g/mol. The Labute approximate surface area is 107 Å². The predicted molar refractivity (Wildman–Crippen MR) is 67.8 cm³/mol. The van der Waals surface area contributed by atoms with Gasteiger partial charge in [-0.05, 0) is 44.9 Å². The standard InChI is InChI=1S/C14H18O4/c1-5-17-13(15)11-8-9(3)7-10(4)12(11)14(16)18-6-2/h7-8H,5-6H2,1-4H3. The zero-order chi connectivity index (χ0) is 13.7. The Kier molecular flexibility index (Phi) is 4.89. The molecule has 0 unspecified atom stereocenters. The summed E-state index contributed by atoms with van der Waals surface area (Å²) in [5.41, 5.74) is 2.19. The van der Waals surface area contributed by atoms with Crippen molar-refractivity contribution in [1.29, 1.82) is 0 Å². The van der Waals surface area contributed by atoms with Crippen molar-refractivity contribution in [3.8, 4) is 0 Å². The quantitative estimate of drug-likeness (QED) is 0.771. The van der Waals surface area contributed by atoms with Gasteiger partial charge in [0.15, 0.2) is 0 Å². The maximum Gasteiger partial charge on any atom is 0.339 e. The summed E-state index contributed by atoms with van der Waals surface area (Å²) in [6.07, 6.45) is 0. The molecule has 18 heavy (non-hydrogen) atoms. The molecule has 0 saturated heterocycles. The highest BCUT2D eigenvalue weighted by Crippen LogP contribution is 2.19. The van der Waals surface area contributed by atoms with Crippen LogP contribution in [0.4, 0.5) is 0 Å². The fraction of sp³-hybridized carbons (Fsp3) is 0.429. The molecule has 0 fully saturated rings. The molecule has 0 aliphatic heterocycles. The molecule has 0 saturated carbocycles. The lowest BCUT2D eigenvalue weighted by molar-refractivity contribution is 0.0478. The predicted octanol–water partition coefficient (Wildman–Crippen LogP) is 2.66. The molecule has 0 aromatic heterocycles. The molecule has 0 bridgehead atoms. The number of benzene rings is 1. The maximum atomic E-state index is 11.9. The second-order valence-electron chi connectivity index (χ2n) is 3.95. The van der Waals surface area contributed by atoms with Crippen molar-refractivity contribution in [1.82, 2.24) is 0 Å². The van der Waals surface area contributed by atoms with Gasteiger partial charge in [0.2, 0.25) is 0 Å². The second kappa shape index (κ2) is 6.19. The normalized spacial score (nSPS) is 10.0. The molecular weight excluding hydrogens is 232 g/mol. The van der Waals surface area contributed by atoms with Crippen molar-refractivity contribution in [3.63, 3.8) is 0 Å². The minimum Gasteiger partial charge on any atom is -0.462 e. The van der Waals surface area contributed by atoms with E-state index in [0.717, 1.165) is 11.1 Å². The van der Waals surface area contributed by atoms with Crippen LogP contribution in [-0.4, -0.2) is 25.2 Å². The van der Waals surface area contributed by atoms with E-state index in [0.29, 0.717) is 5.56 Å². The number of carbonyl (C=O) groups excluding carboxylic acids is 2. The molecule has 98 valence electrons. The molecular formula is C14H18O4. The van der Waals surface area contributed by atoms with Gasteiger partial charge in [-0.1, -0.05) is 6.07 Å². The first kappa shape index (κ1) is 14.2. The number of esters is 2. The lowest BCUT2D eigenvalue weighted by Crippen LogP contribution is -2.16. The van der Waals surface area contributed by atoms with Gasteiger partial charge < -0.3 is 9.47 Å². The van der Waals surface area contributed by atoms with Crippen LogP contribution in [0.2, 0.25) is 0 Å². The molecule has 0 heterocycles. The third kappa shape index (κ3) is 3.09. The van der Waals surface area contributed by atoms with Gasteiger partial charge in [0, 0.05) is 0 Å². The zero-order valence-corrected chi connectivity index (χ0v) is 11.2. The molecule has 0 aliphatic rings. The minimum absolute atomic E-state index is 0.271. The van der Waals surface area contributed by atoms with Gasteiger partial charge in [-0.3, -0.25) is 0 Å². The highest BCUT2D eigenvalue weighted by Gasteiger charge is 2.21. The van der Waals surface area contributed by atoms with Crippen LogP contribution in [0.25, 0.3) is 0 Å². The first-order chi connectivity index (χ1) is 8.51. The Morgan fingerprint density at radius 3 is 2.11 bits per heavy atom. The molecule has 1 aromatic rings. The van der Waals surface area contributed by atoms with Gasteiger partial charge in [0.1, 0.15) is 0 Å². The maximum absolute atomic E-state index is 11.9. The number of rotatable bonds is 4. The Morgan fingerprint density at radius 2 is 1.56 bits per heavy atom. The molecule has 4 heteroatoms. The van der Waals surface area contributed by atoms with E-state index in [9.17, 15) is 9.59 Å². The van der Waals surface area contributed by atoms with E-state index in [1.807, 2.05) is 13.0 Å². The molecule has 0 N–H and O–H groups in total. The molecule has 1 rings (SSSR count). The molecule has 0 spiro atoms. The summed E-state index contributed by atoms with van der Waals surface area (Å²) < 4.78 is 9.93. The SMILES string of the molecule is CCOC(=O)c1cc(C)cc(C)c1C(=O)OCC. The van der Waals surface area contributed by atoms with Crippen LogP contribution in [0, 0.1) is 13.8 Å². The fourth-order valence-corrected chi connectivity index (χ4v) is 1.81. The number of hydrogen-bond donors (Lipinski definition) is 0. The molecule has 0 atom stereocenters. The second-order valence-corrected chi connectivity index (χ2v) is 3.95. The van der Waals surface area contributed by atoms with Crippen LogP contribution in [0.5, 0.6) is 0 Å². The highest BCUT2D eigenvalue weighted by atomic mass is 16.5. The van der Waals surface area contributed by atoms with E-state index < -0.39 is 11.9 Å². The van der Waals surface area contributed by atoms with Gasteiger partial charge in [0.25, 0.3) is 0 Å². The molecule has 0 aliphatic carbocycles. The zero-order valence-electron chi connectivity index (χ0n) is 11.2. The van der Waals surface area contributed by atoms with Gasteiger partial charge in [-0.25, -0.2) is 9.59 Å². The lowest BCUT2D eigenvalue weighted by atomic mass is 9.99. The van der Waals surface area contributed by atoms with Crippen LogP contribution in [0.1, 0.15) is 45.7 Å². The molecule has 1 aromatic carbocycles. The third-order valence-electron chi connectivity index (χ3n) is 2.45. The van der Waals surface area contributed by atoms with Crippen molar-refractivity contribution in [2.45, 2.75) is 27.7 Å². The average Bonchev–Trinajstić information content (AvgIpc) is 2.28. The first-order valence-electron chi connectivity index (χ1n) is 5.96. The van der Waals surface area contributed by atoms with E-state index in [1.165, 1.54) is 0 Å². The van der Waals surface area contributed by atoms with Crippen molar-refractivity contribution in [2.75, 3.05) is 13.2 Å². The number of hydrogen-bond acceptors (Lipinski definition) is 4. The van der Waals surface area contributed by atoms with Crippen molar-refractivity contribution >= 4 is 11.9 Å². The number of ether oxygens (including phenoxy) is 2. The summed E-state index contributed by atoms with van der Waals surface area (Å²) in [5, 5.41) is 0.